The summed E-state index contributed by atoms with van der Waals surface area (Å²) in [7, 11) is 0. The maximum absolute atomic E-state index is 2.57. The van der Waals surface area contributed by atoms with Crippen molar-refractivity contribution in [1.29, 1.82) is 0 Å². The summed E-state index contributed by atoms with van der Waals surface area (Å²) >= 11 is 0. The zero-order chi connectivity index (χ0) is 30.4. The van der Waals surface area contributed by atoms with Crippen LogP contribution in [-0.2, 0) is 13.1 Å². The molecule has 0 saturated heterocycles. The van der Waals surface area contributed by atoms with E-state index >= 15 is 0 Å². The first-order valence-electron chi connectivity index (χ1n) is 19.8. The number of hydrogen-bond donors (Lipinski definition) is 0. The molecule has 0 aliphatic heterocycles. The third kappa shape index (κ3) is 22.7. The van der Waals surface area contributed by atoms with Crippen LogP contribution in [-0.4, -0.2) is 4.57 Å². The lowest BCUT2D eigenvalue weighted by Crippen LogP contribution is -2.38. The van der Waals surface area contributed by atoms with Crippen LogP contribution in [0.2, 0.25) is 0 Å². The molecule has 1 aromatic heterocycles. The fraction of sp³-hybridized carbons (Fsp3) is 0.925. The van der Waals surface area contributed by atoms with Gasteiger partial charge >= 0.3 is 0 Å². The molecule has 1 rings (SSSR count). The third-order valence-electron chi connectivity index (χ3n) is 9.54. The summed E-state index contributed by atoms with van der Waals surface area (Å²) in [6.45, 7) is 11.8. The number of nitrogens with zero attached hydrogens (tertiary/aromatic N) is 2. The molecule has 0 atom stereocenters. The maximum Gasteiger partial charge on any atom is 0.258 e. The van der Waals surface area contributed by atoms with E-state index in [9.17, 15) is 0 Å². The monoisotopic (exact) mass is 588 g/mol. The Balaban J connectivity index is 1.99. The van der Waals surface area contributed by atoms with E-state index in [1.807, 2.05) is 0 Å². The van der Waals surface area contributed by atoms with Crippen molar-refractivity contribution in [3.05, 3.63) is 18.2 Å². The van der Waals surface area contributed by atoms with E-state index in [4.69, 9.17) is 0 Å². The Morgan fingerprint density at radius 3 is 1.10 bits per heavy atom. The molecule has 1 heterocycles. The number of hydrogen-bond acceptors (Lipinski definition) is 0. The van der Waals surface area contributed by atoms with Gasteiger partial charge in [-0.3, -0.25) is 0 Å². The van der Waals surface area contributed by atoms with Gasteiger partial charge in [-0.15, -0.1) is 0 Å². The second-order valence-electron chi connectivity index (χ2n) is 14.1. The highest BCUT2D eigenvalue weighted by Crippen LogP contribution is 2.17. The zero-order valence-corrected chi connectivity index (χ0v) is 29.8. The molecule has 0 fully saturated rings. The lowest BCUT2D eigenvalue weighted by atomic mass is 10.0. The largest absolute Gasteiger partial charge is 0.258 e. The van der Waals surface area contributed by atoms with Crippen LogP contribution >= 0.6 is 0 Å². The predicted octanol–water partition coefficient (Wildman–Crippen LogP) is 13.6. The van der Waals surface area contributed by atoms with Crippen molar-refractivity contribution in [3.63, 3.8) is 0 Å². The van der Waals surface area contributed by atoms with Crippen LogP contribution in [0.15, 0.2) is 12.4 Å². The highest BCUT2D eigenvalue weighted by atomic mass is 15.1. The molecule has 2 heteroatoms. The molecule has 0 amide bonds. The van der Waals surface area contributed by atoms with Gasteiger partial charge in [0.1, 0.15) is 12.4 Å². The first kappa shape index (κ1) is 39.2. The van der Waals surface area contributed by atoms with Crippen molar-refractivity contribution in [1.82, 2.24) is 4.57 Å². The molecule has 42 heavy (non-hydrogen) atoms. The molecule has 2 nitrogen and oxygen atoms in total. The van der Waals surface area contributed by atoms with E-state index in [0.717, 1.165) is 0 Å². The number of rotatable bonds is 33. The molecule has 0 aromatic carbocycles. The maximum atomic E-state index is 2.57. The second-order valence-corrected chi connectivity index (χ2v) is 14.1. The molecule has 248 valence electrons. The Morgan fingerprint density at radius 1 is 0.452 bits per heavy atom. The predicted molar refractivity (Wildman–Crippen MR) is 189 cm³/mol. The summed E-state index contributed by atoms with van der Waals surface area (Å²) in [5.41, 5.74) is 0. The van der Waals surface area contributed by atoms with Crippen molar-refractivity contribution >= 4 is 0 Å². The first-order valence-corrected chi connectivity index (χ1v) is 19.8. The number of aryl methyl sites for hydroxylation is 2. The van der Waals surface area contributed by atoms with E-state index in [-0.39, 0.29) is 0 Å². The highest BCUT2D eigenvalue weighted by Gasteiger charge is 2.20. The van der Waals surface area contributed by atoms with Crippen LogP contribution < -0.4 is 4.57 Å². The van der Waals surface area contributed by atoms with Gasteiger partial charge in [-0.2, -0.15) is 0 Å². The molecular formula is C40H79N2+. The molecule has 0 aliphatic rings. The topological polar surface area (TPSA) is 8.81 Å². The number of unbranched alkanes of at least 4 members (excludes halogenated alkanes) is 28. The van der Waals surface area contributed by atoms with Crippen LogP contribution in [0.3, 0.4) is 0 Å². The molecular weight excluding hydrogens is 508 g/mol. The normalized spacial score (nSPS) is 11.7. The summed E-state index contributed by atoms with van der Waals surface area (Å²) in [6.07, 6.45) is 47.9. The summed E-state index contributed by atoms with van der Waals surface area (Å²) < 4.78 is 5.13. The van der Waals surface area contributed by atoms with Crippen LogP contribution in [0.4, 0.5) is 0 Å². The SMILES string of the molecule is CCCCCCCCCCCCCCCCCCn1cc[n+](CCCCCCCCCCCCCCCC)c1C(C)C. The highest BCUT2D eigenvalue weighted by molar-refractivity contribution is 4.89. The van der Waals surface area contributed by atoms with Crippen LogP contribution in [0.5, 0.6) is 0 Å². The van der Waals surface area contributed by atoms with Gasteiger partial charge in [0.05, 0.1) is 19.0 Å². The van der Waals surface area contributed by atoms with Gasteiger partial charge in [-0.05, 0) is 25.7 Å². The van der Waals surface area contributed by atoms with Gasteiger partial charge in [-0.25, -0.2) is 9.13 Å². The minimum absolute atomic E-state index is 0.604. The molecule has 0 bridgehead atoms. The molecule has 0 aliphatic carbocycles. The van der Waals surface area contributed by atoms with Crippen molar-refractivity contribution in [2.24, 2.45) is 0 Å². The summed E-state index contributed by atoms with van der Waals surface area (Å²) in [4.78, 5) is 0. The van der Waals surface area contributed by atoms with E-state index in [1.165, 1.54) is 206 Å². The van der Waals surface area contributed by atoms with Crippen molar-refractivity contribution in [2.75, 3.05) is 0 Å². The molecule has 0 unspecified atom stereocenters. The third-order valence-corrected chi connectivity index (χ3v) is 9.54. The lowest BCUT2D eigenvalue weighted by molar-refractivity contribution is -0.705. The van der Waals surface area contributed by atoms with Crippen molar-refractivity contribution < 1.29 is 4.57 Å². The molecule has 0 N–H and O–H groups in total. The molecule has 0 radical (unpaired) electrons. The van der Waals surface area contributed by atoms with E-state index < -0.39 is 0 Å². The van der Waals surface area contributed by atoms with Crippen molar-refractivity contribution in [2.45, 2.75) is 239 Å². The number of aromatic nitrogens is 2. The minimum atomic E-state index is 0.604. The van der Waals surface area contributed by atoms with E-state index in [2.05, 4.69) is 49.2 Å². The molecule has 0 saturated carbocycles. The lowest BCUT2D eigenvalue weighted by Gasteiger charge is -2.08. The fourth-order valence-corrected chi connectivity index (χ4v) is 6.83. The van der Waals surface area contributed by atoms with Gasteiger partial charge in [0, 0.05) is 0 Å². The standard InChI is InChI=1S/C40H79N2/c1-5-7-9-11-13-15-17-19-21-22-24-26-28-30-32-34-36-42-38-37-41(40(42)39(3)4)35-33-31-29-27-25-23-20-18-16-14-12-10-8-6-2/h37-39H,5-36H2,1-4H3/q+1. The van der Waals surface area contributed by atoms with Crippen molar-refractivity contribution in [3.8, 4) is 0 Å². The first-order chi connectivity index (χ1) is 20.7. The Labute approximate surface area is 266 Å². The average molecular weight is 588 g/mol. The average Bonchev–Trinajstić information content (AvgIpc) is 3.40. The zero-order valence-electron chi connectivity index (χ0n) is 29.8. The molecule has 1 aromatic rings. The number of imidazole rings is 1. The van der Waals surface area contributed by atoms with Crippen LogP contribution in [0, 0.1) is 0 Å². The summed E-state index contributed by atoms with van der Waals surface area (Å²) in [6, 6.07) is 0. The summed E-state index contributed by atoms with van der Waals surface area (Å²) in [5, 5.41) is 0. The van der Waals surface area contributed by atoms with Gasteiger partial charge in [-0.1, -0.05) is 195 Å². The van der Waals surface area contributed by atoms with Gasteiger partial charge in [0.2, 0.25) is 0 Å². The van der Waals surface area contributed by atoms with E-state index in [1.54, 1.807) is 5.82 Å². The Morgan fingerprint density at radius 2 is 0.762 bits per heavy atom. The second kappa shape index (κ2) is 30.2. The van der Waals surface area contributed by atoms with Gasteiger partial charge in [0.25, 0.3) is 5.82 Å². The smallest absolute Gasteiger partial charge is 0.234 e. The quantitative estimate of drug-likeness (QED) is 0.0571. The van der Waals surface area contributed by atoms with E-state index in [0.29, 0.717) is 5.92 Å². The van der Waals surface area contributed by atoms with Crippen LogP contribution in [0.1, 0.15) is 232 Å². The molecule has 0 spiro atoms. The Bertz CT molecular complexity index is 661. The fourth-order valence-electron chi connectivity index (χ4n) is 6.83. The Kier molecular flexibility index (Phi) is 28.3. The Hall–Kier alpha value is -0.790. The van der Waals surface area contributed by atoms with Gasteiger partial charge in [0.15, 0.2) is 0 Å². The summed E-state index contributed by atoms with van der Waals surface area (Å²) in [5.74, 6) is 2.15. The van der Waals surface area contributed by atoms with Crippen LogP contribution in [0.25, 0.3) is 0 Å². The van der Waals surface area contributed by atoms with Gasteiger partial charge < -0.3 is 0 Å². The minimum Gasteiger partial charge on any atom is -0.234 e.